The van der Waals surface area contributed by atoms with E-state index >= 15 is 0 Å². The van der Waals surface area contributed by atoms with Gasteiger partial charge >= 0.3 is 0 Å². The number of allylic oxidation sites excluding steroid dienone is 2. The minimum atomic E-state index is 0.153. The van der Waals surface area contributed by atoms with Crippen LogP contribution in [0.4, 0.5) is 0 Å². The Labute approximate surface area is 98.1 Å². The summed E-state index contributed by atoms with van der Waals surface area (Å²) in [5.41, 5.74) is 0. The number of aliphatic hydroxyl groups excluding tert-OH is 1. The Morgan fingerprint density at radius 3 is 2.81 bits per heavy atom. The molecule has 1 aliphatic carbocycles. The summed E-state index contributed by atoms with van der Waals surface area (Å²) in [6.45, 7) is 4.88. The third kappa shape index (κ3) is 3.97. The molecule has 0 aromatic heterocycles. The zero-order valence-electron chi connectivity index (χ0n) is 10.4. The van der Waals surface area contributed by atoms with Crippen LogP contribution >= 0.6 is 0 Å². The van der Waals surface area contributed by atoms with Gasteiger partial charge in [0, 0.05) is 25.6 Å². The van der Waals surface area contributed by atoms with Crippen LogP contribution < -0.4 is 0 Å². The highest BCUT2D eigenvalue weighted by Crippen LogP contribution is 2.21. The fourth-order valence-corrected chi connectivity index (χ4v) is 2.12. The fourth-order valence-electron chi connectivity index (χ4n) is 2.12. The maximum Gasteiger partial charge on any atom is 0.223 e. The Morgan fingerprint density at radius 2 is 2.31 bits per heavy atom. The molecule has 0 aromatic rings. The predicted molar refractivity (Wildman–Crippen MR) is 65.0 cm³/mol. The molecule has 1 atom stereocenters. The number of hydrogen-bond acceptors (Lipinski definition) is 2. The van der Waals surface area contributed by atoms with Gasteiger partial charge in [-0.1, -0.05) is 12.2 Å². The van der Waals surface area contributed by atoms with Crippen molar-refractivity contribution in [1.29, 1.82) is 0 Å². The van der Waals surface area contributed by atoms with E-state index in [2.05, 4.69) is 12.2 Å². The smallest absolute Gasteiger partial charge is 0.223 e. The van der Waals surface area contributed by atoms with Crippen LogP contribution in [0.1, 0.15) is 39.5 Å². The van der Waals surface area contributed by atoms with E-state index in [1.807, 2.05) is 18.7 Å². The summed E-state index contributed by atoms with van der Waals surface area (Å²) in [6.07, 6.45) is 7.83. The van der Waals surface area contributed by atoms with Gasteiger partial charge in [-0.3, -0.25) is 4.79 Å². The van der Waals surface area contributed by atoms with Gasteiger partial charge in [-0.15, -0.1) is 0 Å². The number of carbonyl (C=O) groups is 1. The van der Waals surface area contributed by atoms with Gasteiger partial charge in [0.2, 0.25) is 5.91 Å². The van der Waals surface area contributed by atoms with Crippen LogP contribution in [0.25, 0.3) is 0 Å². The van der Waals surface area contributed by atoms with Crippen molar-refractivity contribution in [2.75, 3.05) is 13.2 Å². The van der Waals surface area contributed by atoms with Gasteiger partial charge in [-0.25, -0.2) is 0 Å². The van der Waals surface area contributed by atoms with E-state index in [4.69, 9.17) is 5.11 Å². The largest absolute Gasteiger partial charge is 0.396 e. The first-order valence-electron chi connectivity index (χ1n) is 6.22. The van der Waals surface area contributed by atoms with E-state index in [0.29, 0.717) is 25.3 Å². The normalized spacial score (nSPS) is 19.4. The third-order valence-electron chi connectivity index (χ3n) is 3.05. The molecule has 1 rings (SSSR count). The van der Waals surface area contributed by atoms with Crippen molar-refractivity contribution in [3.63, 3.8) is 0 Å². The highest BCUT2D eigenvalue weighted by Gasteiger charge is 2.20. The van der Waals surface area contributed by atoms with Crippen molar-refractivity contribution >= 4 is 5.91 Å². The fraction of sp³-hybridized carbons (Fsp3) is 0.769. The number of rotatable bonds is 6. The van der Waals surface area contributed by atoms with Crippen molar-refractivity contribution in [2.45, 2.75) is 45.6 Å². The zero-order chi connectivity index (χ0) is 12.0. The van der Waals surface area contributed by atoms with E-state index in [-0.39, 0.29) is 18.6 Å². The SMILES string of the molecule is CC(C)N(CCCO)C(=O)CC1C=CCC1. The standard InChI is InChI=1S/C13H23NO2/c1-11(2)14(8-5-9-15)13(16)10-12-6-3-4-7-12/h3,6,11-12,15H,4-5,7-10H2,1-2H3. The van der Waals surface area contributed by atoms with Gasteiger partial charge in [-0.2, -0.15) is 0 Å². The second-order valence-corrected chi connectivity index (χ2v) is 4.73. The lowest BCUT2D eigenvalue weighted by atomic mass is 10.0. The second-order valence-electron chi connectivity index (χ2n) is 4.73. The predicted octanol–water partition coefficient (Wildman–Crippen LogP) is 1.96. The lowest BCUT2D eigenvalue weighted by Crippen LogP contribution is -2.38. The molecule has 1 N–H and O–H groups in total. The van der Waals surface area contributed by atoms with Crippen LogP contribution in [0.15, 0.2) is 12.2 Å². The molecule has 0 fully saturated rings. The number of aliphatic hydroxyl groups is 1. The number of hydrogen-bond donors (Lipinski definition) is 1. The Hall–Kier alpha value is -0.830. The maximum absolute atomic E-state index is 12.1. The molecule has 0 spiro atoms. The Balaban J connectivity index is 2.42. The quantitative estimate of drug-likeness (QED) is 0.702. The summed E-state index contributed by atoms with van der Waals surface area (Å²) >= 11 is 0. The summed E-state index contributed by atoms with van der Waals surface area (Å²) in [7, 11) is 0. The minimum absolute atomic E-state index is 0.153. The van der Waals surface area contributed by atoms with Gasteiger partial charge in [0.1, 0.15) is 0 Å². The molecule has 0 aromatic carbocycles. The molecule has 0 aliphatic heterocycles. The summed E-state index contributed by atoms with van der Waals surface area (Å²) in [4.78, 5) is 13.9. The molecule has 3 nitrogen and oxygen atoms in total. The van der Waals surface area contributed by atoms with Crippen molar-refractivity contribution in [1.82, 2.24) is 4.90 Å². The van der Waals surface area contributed by atoms with Crippen molar-refractivity contribution in [2.24, 2.45) is 5.92 Å². The molecule has 1 unspecified atom stereocenters. The monoisotopic (exact) mass is 225 g/mol. The topological polar surface area (TPSA) is 40.5 Å². The van der Waals surface area contributed by atoms with E-state index in [0.717, 1.165) is 12.8 Å². The van der Waals surface area contributed by atoms with E-state index < -0.39 is 0 Å². The molecule has 0 bridgehead atoms. The van der Waals surface area contributed by atoms with Crippen LogP contribution in [0, 0.1) is 5.92 Å². The number of nitrogens with zero attached hydrogens (tertiary/aromatic N) is 1. The molecule has 0 radical (unpaired) electrons. The van der Waals surface area contributed by atoms with Crippen LogP contribution in [0.2, 0.25) is 0 Å². The van der Waals surface area contributed by atoms with Gasteiger partial charge in [-0.05, 0) is 39.0 Å². The number of carbonyl (C=O) groups excluding carboxylic acids is 1. The summed E-state index contributed by atoms with van der Waals surface area (Å²) in [6, 6.07) is 0.226. The Morgan fingerprint density at radius 1 is 1.56 bits per heavy atom. The summed E-state index contributed by atoms with van der Waals surface area (Å²) < 4.78 is 0. The molecule has 92 valence electrons. The first kappa shape index (κ1) is 13.2. The Kier molecular flexibility index (Phi) is 5.53. The molecule has 1 aliphatic rings. The highest BCUT2D eigenvalue weighted by atomic mass is 16.3. The van der Waals surface area contributed by atoms with Crippen LogP contribution in [-0.4, -0.2) is 35.1 Å². The first-order valence-corrected chi connectivity index (χ1v) is 6.22. The molecule has 1 amide bonds. The maximum atomic E-state index is 12.1. The van der Waals surface area contributed by atoms with Gasteiger partial charge in [0.25, 0.3) is 0 Å². The molecule has 16 heavy (non-hydrogen) atoms. The zero-order valence-corrected chi connectivity index (χ0v) is 10.4. The van der Waals surface area contributed by atoms with E-state index in [1.165, 1.54) is 0 Å². The molecule has 0 heterocycles. The van der Waals surface area contributed by atoms with Crippen molar-refractivity contribution in [3.05, 3.63) is 12.2 Å². The van der Waals surface area contributed by atoms with Gasteiger partial charge in [0.05, 0.1) is 0 Å². The second kappa shape index (κ2) is 6.69. The lowest BCUT2D eigenvalue weighted by molar-refractivity contribution is -0.133. The first-order chi connectivity index (χ1) is 7.65. The van der Waals surface area contributed by atoms with Gasteiger partial charge < -0.3 is 10.0 Å². The average molecular weight is 225 g/mol. The van der Waals surface area contributed by atoms with Crippen LogP contribution in [-0.2, 0) is 4.79 Å². The van der Waals surface area contributed by atoms with E-state index in [9.17, 15) is 4.79 Å². The van der Waals surface area contributed by atoms with Crippen molar-refractivity contribution in [3.8, 4) is 0 Å². The highest BCUT2D eigenvalue weighted by molar-refractivity contribution is 5.77. The van der Waals surface area contributed by atoms with Crippen LogP contribution in [0.5, 0.6) is 0 Å². The summed E-state index contributed by atoms with van der Waals surface area (Å²) in [5, 5.41) is 8.81. The van der Waals surface area contributed by atoms with Gasteiger partial charge in [0.15, 0.2) is 0 Å². The summed E-state index contributed by atoms with van der Waals surface area (Å²) in [5.74, 6) is 0.655. The van der Waals surface area contributed by atoms with Crippen molar-refractivity contribution < 1.29 is 9.90 Å². The van der Waals surface area contributed by atoms with E-state index in [1.54, 1.807) is 0 Å². The average Bonchev–Trinajstić information content (AvgIpc) is 2.70. The molecular formula is C13H23NO2. The molecule has 0 saturated heterocycles. The lowest BCUT2D eigenvalue weighted by Gasteiger charge is -2.27. The molecule has 0 saturated carbocycles. The Bertz CT molecular complexity index is 248. The molecular weight excluding hydrogens is 202 g/mol. The van der Waals surface area contributed by atoms with Crippen LogP contribution in [0.3, 0.4) is 0 Å². The minimum Gasteiger partial charge on any atom is -0.396 e. The third-order valence-corrected chi connectivity index (χ3v) is 3.05. The molecule has 3 heteroatoms. The number of amides is 1.